The number of nitrogens with zero attached hydrogens (tertiary/aromatic N) is 1. The highest BCUT2D eigenvalue weighted by atomic mass is 79.9. The third kappa shape index (κ3) is 3.51. The van der Waals surface area contributed by atoms with E-state index in [4.69, 9.17) is 9.47 Å². The van der Waals surface area contributed by atoms with Gasteiger partial charge in [0.05, 0.1) is 16.0 Å². The zero-order valence-electron chi connectivity index (χ0n) is 10.8. The molecule has 0 atom stereocenters. The summed E-state index contributed by atoms with van der Waals surface area (Å²) in [5.41, 5.74) is -0.0438. The Labute approximate surface area is 134 Å². The summed E-state index contributed by atoms with van der Waals surface area (Å²) in [4.78, 5) is 10.6. The van der Waals surface area contributed by atoms with Crippen molar-refractivity contribution in [3.63, 3.8) is 0 Å². The maximum Gasteiger partial charge on any atom is 0.312 e. The molecule has 0 N–H and O–H groups in total. The molecule has 0 radical (unpaired) electrons. The van der Waals surface area contributed by atoms with Gasteiger partial charge in [-0.3, -0.25) is 10.1 Å². The minimum atomic E-state index is -0.426. The van der Waals surface area contributed by atoms with Gasteiger partial charge in [0, 0.05) is 30.0 Å². The van der Waals surface area contributed by atoms with Crippen LogP contribution in [0.3, 0.4) is 0 Å². The van der Waals surface area contributed by atoms with Crippen LogP contribution in [-0.4, -0.2) is 30.1 Å². The van der Waals surface area contributed by atoms with Crippen LogP contribution in [0.4, 0.5) is 5.69 Å². The summed E-state index contributed by atoms with van der Waals surface area (Å²) in [6, 6.07) is 4.82. The molecule has 1 aliphatic rings. The molecule has 1 fully saturated rings. The van der Waals surface area contributed by atoms with Crippen LogP contribution in [0.1, 0.15) is 12.8 Å². The predicted molar refractivity (Wildman–Crippen MR) is 82.6 cm³/mol. The second-order valence-electron chi connectivity index (χ2n) is 4.88. The first-order valence-electron chi connectivity index (χ1n) is 6.27. The van der Waals surface area contributed by atoms with E-state index in [0.29, 0.717) is 30.0 Å². The molecule has 0 bridgehead atoms. The van der Waals surface area contributed by atoms with Crippen molar-refractivity contribution in [2.24, 2.45) is 5.41 Å². The molecule has 5 nitrogen and oxygen atoms in total. The fourth-order valence-corrected chi connectivity index (χ4v) is 3.32. The molecule has 0 unspecified atom stereocenters. The Morgan fingerprint density at radius 2 is 2.10 bits per heavy atom. The number of hydrogen-bond acceptors (Lipinski definition) is 4. The molecule has 2 rings (SSSR count). The van der Waals surface area contributed by atoms with Gasteiger partial charge in [-0.2, -0.15) is 0 Å². The number of nitro groups is 1. The molecule has 0 spiro atoms. The van der Waals surface area contributed by atoms with Crippen LogP contribution < -0.4 is 4.74 Å². The van der Waals surface area contributed by atoms with Crippen molar-refractivity contribution in [3.8, 4) is 5.75 Å². The zero-order valence-corrected chi connectivity index (χ0v) is 14.0. The van der Waals surface area contributed by atoms with Crippen LogP contribution >= 0.6 is 31.9 Å². The molecule has 0 amide bonds. The lowest BCUT2D eigenvalue weighted by molar-refractivity contribution is -0.386. The SMILES string of the molecule is O=[N+]([O-])c1cccc(Br)c1OCC1(CBr)CCOCC1. The maximum absolute atomic E-state index is 11.0. The lowest BCUT2D eigenvalue weighted by Gasteiger charge is -2.35. The fraction of sp³-hybridized carbons (Fsp3) is 0.538. The first-order valence-corrected chi connectivity index (χ1v) is 8.19. The van der Waals surface area contributed by atoms with Crippen molar-refractivity contribution < 1.29 is 14.4 Å². The van der Waals surface area contributed by atoms with Gasteiger partial charge in [0.15, 0.2) is 0 Å². The van der Waals surface area contributed by atoms with Crippen LogP contribution in [0, 0.1) is 15.5 Å². The summed E-state index contributed by atoms with van der Waals surface area (Å²) < 4.78 is 11.8. The van der Waals surface area contributed by atoms with Gasteiger partial charge in [-0.05, 0) is 34.8 Å². The molecule has 1 heterocycles. The number of para-hydroxylation sites is 1. The Morgan fingerprint density at radius 1 is 1.40 bits per heavy atom. The number of rotatable bonds is 5. The third-order valence-electron chi connectivity index (χ3n) is 3.50. The Balaban J connectivity index is 2.15. The van der Waals surface area contributed by atoms with E-state index in [1.54, 1.807) is 12.1 Å². The van der Waals surface area contributed by atoms with E-state index >= 15 is 0 Å². The quantitative estimate of drug-likeness (QED) is 0.420. The fourth-order valence-electron chi connectivity index (χ4n) is 2.13. The zero-order chi connectivity index (χ0) is 14.6. The van der Waals surface area contributed by atoms with E-state index in [2.05, 4.69) is 31.9 Å². The molecule has 1 saturated heterocycles. The minimum absolute atomic E-state index is 0.0174. The summed E-state index contributed by atoms with van der Waals surface area (Å²) in [5.74, 6) is 0.296. The van der Waals surface area contributed by atoms with E-state index in [0.717, 1.165) is 18.2 Å². The largest absolute Gasteiger partial charge is 0.485 e. The Bertz CT molecular complexity index is 489. The number of halogens is 2. The second kappa shape index (κ2) is 6.87. The highest BCUT2D eigenvalue weighted by Gasteiger charge is 2.33. The summed E-state index contributed by atoms with van der Waals surface area (Å²) in [6.45, 7) is 1.84. The van der Waals surface area contributed by atoms with Crippen LogP contribution in [0.15, 0.2) is 22.7 Å². The van der Waals surface area contributed by atoms with Gasteiger partial charge in [-0.1, -0.05) is 22.0 Å². The molecule has 0 aromatic heterocycles. The second-order valence-corrected chi connectivity index (χ2v) is 6.29. The molecule has 1 aromatic carbocycles. The highest BCUT2D eigenvalue weighted by Crippen LogP contribution is 2.38. The van der Waals surface area contributed by atoms with Crippen LogP contribution in [-0.2, 0) is 4.74 Å². The van der Waals surface area contributed by atoms with Crippen LogP contribution in [0.2, 0.25) is 0 Å². The molecular weight excluding hydrogens is 394 g/mol. The topological polar surface area (TPSA) is 61.6 Å². The van der Waals surface area contributed by atoms with Gasteiger partial charge >= 0.3 is 5.69 Å². The van der Waals surface area contributed by atoms with Crippen molar-refractivity contribution in [2.45, 2.75) is 12.8 Å². The van der Waals surface area contributed by atoms with Gasteiger partial charge in [0.2, 0.25) is 5.75 Å². The minimum Gasteiger partial charge on any atom is -0.485 e. The molecule has 0 aliphatic carbocycles. The molecule has 7 heteroatoms. The van der Waals surface area contributed by atoms with Crippen molar-refractivity contribution in [2.75, 3.05) is 25.2 Å². The first kappa shape index (κ1) is 15.7. The maximum atomic E-state index is 11.0. The first-order chi connectivity index (χ1) is 9.58. The smallest absolute Gasteiger partial charge is 0.312 e. The van der Waals surface area contributed by atoms with Crippen molar-refractivity contribution >= 4 is 37.5 Å². The van der Waals surface area contributed by atoms with E-state index in [1.807, 2.05) is 0 Å². The van der Waals surface area contributed by atoms with Gasteiger partial charge in [0.25, 0.3) is 0 Å². The molecule has 1 aromatic rings. The van der Waals surface area contributed by atoms with E-state index in [9.17, 15) is 10.1 Å². The average Bonchev–Trinajstić information content (AvgIpc) is 2.46. The number of benzene rings is 1. The Hall–Kier alpha value is -0.660. The average molecular weight is 409 g/mol. The molecule has 110 valence electrons. The summed E-state index contributed by atoms with van der Waals surface area (Å²) in [6.07, 6.45) is 1.77. The van der Waals surface area contributed by atoms with Crippen molar-refractivity contribution in [1.82, 2.24) is 0 Å². The molecule has 0 saturated carbocycles. The van der Waals surface area contributed by atoms with Crippen LogP contribution in [0.25, 0.3) is 0 Å². The Kier molecular flexibility index (Phi) is 5.40. The Morgan fingerprint density at radius 3 is 2.70 bits per heavy atom. The van der Waals surface area contributed by atoms with E-state index in [1.165, 1.54) is 6.07 Å². The lowest BCUT2D eigenvalue weighted by atomic mass is 9.83. The number of ether oxygens (including phenoxy) is 2. The van der Waals surface area contributed by atoms with Gasteiger partial charge in [-0.25, -0.2) is 0 Å². The van der Waals surface area contributed by atoms with E-state index < -0.39 is 4.92 Å². The number of alkyl halides is 1. The standard InChI is InChI=1S/C13H15Br2NO4/c14-8-13(4-6-19-7-5-13)9-20-12-10(15)2-1-3-11(12)16(17)18/h1-3H,4-9H2. The number of nitro benzene ring substituents is 1. The summed E-state index contributed by atoms with van der Waals surface area (Å²) >= 11 is 6.84. The van der Waals surface area contributed by atoms with Gasteiger partial charge in [-0.15, -0.1) is 0 Å². The molecular formula is C13H15Br2NO4. The van der Waals surface area contributed by atoms with Crippen molar-refractivity contribution in [1.29, 1.82) is 0 Å². The lowest BCUT2D eigenvalue weighted by Crippen LogP contribution is -2.36. The third-order valence-corrected chi connectivity index (χ3v) is 5.32. The summed E-state index contributed by atoms with van der Waals surface area (Å²) in [5, 5.41) is 11.8. The van der Waals surface area contributed by atoms with E-state index in [-0.39, 0.29) is 11.1 Å². The van der Waals surface area contributed by atoms with Crippen LogP contribution in [0.5, 0.6) is 5.75 Å². The molecule has 20 heavy (non-hydrogen) atoms. The normalized spacial score (nSPS) is 17.7. The molecule has 1 aliphatic heterocycles. The predicted octanol–water partition coefficient (Wildman–Crippen LogP) is 3.93. The highest BCUT2D eigenvalue weighted by molar-refractivity contribution is 9.10. The van der Waals surface area contributed by atoms with Gasteiger partial charge in [0.1, 0.15) is 0 Å². The van der Waals surface area contributed by atoms with Crippen molar-refractivity contribution in [3.05, 3.63) is 32.8 Å². The number of hydrogen-bond donors (Lipinski definition) is 0. The van der Waals surface area contributed by atoms with Gasteiger partial charge < -0.3 is 9.47 Å². The monoisotopic (exact) mass is 407 g/mol. The summed E-state index contributed by atoms with van der Waals surface area (Å²) in [7, 11) is 0.